The molecule has 1 aromatic carbocycles. The topological polar surface area (TPSA) is 78.4 Å². The van der Waals surface area contributed by atoms with Gasteiger partial charge in [0.05, 0.1) is 23.4 Å². The van der Waals surface area contributed by atoms with Crippen LogP contribution in [0.5, 0.6) is 5.75 Å². The van der Waals surface area contributed by atoms with Crippen molar-refractivity contribution in [1.82, 2.24) is 5.32 Å². The van der Waals surface area contributed by atoms with Crippen LogP contribution >= 0.6 is 0 Å². The number of carbonyl (C=O) groups is 1. The number of carbonyl (C=O) groups excluding carboxylic acids is 1. The van der Waals surface area contributed by atoms with E-state index >= 15 is 0 Å². The van der Waals surface area contributed by atoms with Gasteiger partial charge in [-0.2, -0.15) is 0 Å². The van der Waals surface area contributed by atoms with Gasteiger partial charge >= 0.3 is 13.5 Å². The number of hydrogen-bond acceptors (Lipinski definition) is 6. The fourth-order valence-corrected chi connectivity index (χ4v) is 6.63. The number of ether oxygens (including phenoxy) is 1. The van der Waals surface area contributed by atoms with Crippen LogP contribution in [0.1, 0.15) is 65.9 Å². The summed E-state index contributed by atoms with van der Waals surface area (Å²) in [7, 11) is -0.542. The molecule has 1 aromatic rings. The number of nitrogens with zero attached hydrogens (tertiary/aromatic N) is 1. The van der Waals surface area contributed by atoms with Gasteiger partial charge < -0.3 is 24.2 Å². The molecule has 1 amide bonds. The Balaban J connectivity index is 1.21. The second-order valence-electron chi connectivity index (χ2n) is 12.0. The lowest BCUT2D eigenvalue weighted by Gasteiger charge is -2.64. The third-order valence-corrected chi connectivity index (χ3v) is 8.73. The quantitative estimate of drug-likeness (QED) is 0.517. The molecule has 0 radical (unpaired) electrons. The molecule has 6 rings (SSSR count). The van der Waals surface area contributed by atoms with E-state index < -0.39 is 19.6 Å². The highest BCUT2D eigenvalue weighted by molar-refractivity contribution is 6.48. The molecule has 1 N–H and O–H groups in total. The highest BCUT2D eigenvalue weighted by Gasteiger charge is 2.68. The number of amides is 1. The van der Waals surface area contributed by atoms with Crippen molar-refractivity contribution < 1.29 is 36.8 Å². The summed E-state index contributed by atoms with van der Waals surface area (Å²) in [5.74, 6) is 0.360. The first-order valence-corrected chi connectivity index (χ1v) is 13.0. The van der Waals surface area contributed by atoms with Crippen LogP contribution in [0.3, 0.4) is 0 Å². The molecule has 1 unspecified atom stereocenters. The minimum Gasteiger partial charge on any atom is -0.406 e. The zero-order valence-corrected chi connectivity index (χ0v) is 21.8. The molecule has 1 saturated heterocycles. The number of benzene rings is 1. The summed E-state index contributed by atoms with van der Waals surface area (Å²) in [5, 5.41) is 7.09. The van der Waals surface area contributed by atoms with E-state index in [2.05, 4.69) is 49.8 Å². The Labute approximate surface area is 215 Å². The van der Waals surface area contributed by atoms with Crippen molar-refractivity contribution in [3.05, 3.63) is 29.8 Å². The first-order valence-electron chi connectivity index (χ1n) is 13.0. The van der Waals surface area contributed by atoms with Gasteiger partial charge in [0.25, 0.3) is 5.91 Å². The van der Waals surface area contributed by atoms with Gasteiger partial charge in [-0.05, 0) is 79.2 Å². The molecule has 4 fully saturated rings. The van der Waals surface area contributed by atoms with Gasteiger partial charge in [0.2, 0.25) is 6.10 Å². The summed E-state index contributed by atoms with van der Waals surface area (Å²) in [4.78, 5) is 18.6. The molecule has 37 heavy (non-hydrogen) atoms. The van der Waals surface area contributed by atoms with Gasteiger partial charge in [-0.15, -0.1) is 13.2 Å². The fraction of sp³-hybridized carbons (Fsp3) is 0.692. The summed E-state index contributed by atoms with van der Waals surface area (Å²) in [6.45, 7) is 10.9. The predicted octanol–water partition coefficient (Wildman–Crippen LogP) is 4.88. The van der Waals surface area contributed by atoms with Crippen molar-refractivity contribution in [2.75, 3.05) is 0 Å². The van der Waals surface area contributed by atoms with Crippen LogP contribution in [-0.2, 0) is 18.9 Å². The second-order valence-corrected chi connectivity index (χ2v) is 12.0. The van der Waals surface area contributed by atoms with Crippen LogP contribution in [0.15, 0.2) is 29.4 Å². The lowest BCUT2D eigenvalue weighted by atomic mass is 9.43. The van der Waals surface area contributed by atoms with Gasteiger partial charge in [0, 0.05) is 6.42 Å². The van der Waals surface area contributed by atoms with Crippen LogP contribution in [0, 0.1) is 23.2 Å². The molecule has 11 heteroatoms. The van der Waals surface area contributed by atoms with Gasteiger partial charge in [-0.25, -0.2) is 0 Å². The van der Waals surface area contributed by atoms with Gasteiger partial charge in [-0.3, -0.25) is 4.79 Å². The highest BCUT2D eigenvalue weighted by Crippen LogP contribution is 2.65. The molecule has 5 aliphatic rings. The molecule has 202 valence electrons. The Morgan fingerprint density at radius 3 is 2.54 bits per heavy atom. The van der Waals surface area contributed by atoms with Crippen molar-refractivity contribution >= 4 is 18.7 Å². The Morgan fingerprint density at radius 2 is 1.92 bits per heavy atom. The number of nitrogens with one attached hydrogen (secondary N) is 1. The van der Waals surface area contributed by atoms with E-state index in [-0.39, 0.29) is 41.1 Å². The van der Waals surface area contributed by atoms with Gasteiger partial charge in [0.15, 0.2) is 0 Å². The second kappa shape index (κ2) is 9.19. The van der Waals surface area contributed by atoms with E-state index in [4.69, 9.17) is 14.1 Å². The Kier molecular flexibility index (Phi) is 6.54. The molecule has 7 nitrogen and oxygen atoms in total. The first kappa shape index (κ1) is 26.3. The van der Waals surface area contributed by atoms with E-state index in [9.17, 15) is 18.0 Å². The molecule has 6 atom stereocenters. The molecule has 0 aromatic heterocycles. The summed E-state index contributed by atoms with van der Waals surface area (Å²) in [5.41, 5.74) is 0.894. The summed E-state index contributed by atoms with van der Waals surface area (Å²) >= 11 is 0. The van der Waals surface area contributed by atoms with Crippen LogP contribution in [0.25, 0.3) is 0 Å². The summed E-state index contributed by atoms with van der Waals surface area (Å²) < 4.78 is 54.2. The molecular weight excluding hydrogens is 488 g/mol. The fourth-order valence-electron chi connectivity index (χ4n) is 6.63. The van der Waals surface area contributed by atoms with Crippen molar-refractivity contribution in [1.29, 1.82) is 0 Å². The van der Waals surface area contributed by atoms with Gasteiger partial charge in [-0.1, -0.05) is 32.9 Å². The van der Waals surface area contributed by atoms with E-state index in [0.717, 1.165) is 12.8 Å². The number of alkyl halides is 3. The Morgan fingerprint density at radius 1 is 1.22 bits per heavy atom. The third kappa shape index (κ3) is 4.96. The van der Waals surface area contributed by atoms with Crippen molar-refractivity contribution in [3.8, 4) is 5.75 Å². The zero-order chi connectivity index (χ0) is 26.8. The normalized spacial score (nSPS) is 32.8. The van der Waals surface area contributed by atoms with Crippen LogP contribution in [-0.4, -0.2) is 48.8 Å². The van der Waals surface area contributed by atoms with Crippen molar-refractivity contribution in [2.45, 2.75) is 90.4 Å². The number of hydrogen-bond donors (Lipinski definition) is 1. The lowest BCUT2D eigenvalue weighted by Crippen LogP contribution is -2.65. The monoisotopic (exact) mass is 522 g/mol. The Hall–Kier alpha value is -2.27. The zero-order valence-electron chi connectivity index (χ0n) is 21.8. The van der Waals surface area contributed by atoms with Crippen molar-refractivity contribution in [3.63, 3.8) is 0 Å². The number of halogens is 3. The first-order chi connectivity index (χ1) is 17.3. The third-order valence-electron chi connectivity index (χ3n) is 8.73. The molecule has 3 aliphatic carbocycles. The molecule has 2 heterocycles. The molecule has 2 aliphatic heterocycles. The van der Waals surface area contributed by atoms with Crippen LogP contribution < -0.4 is 10.1 Å². The standard InChI is InChI=1S/C26H34BF3N2O5/c1-14(2)10-22(27-35-21-12-16-11-20(24(16,3)4)25(21,5)37-27)31-23(33)19-13-18(32-36-19)15-6-8-17(9-7-15)34-26(28,29)30/h6-9,14,16,19-22H,10-13H2,1-5H3,(H,31,33)/t16-,19?,20-,21+,22-,25-/m0/s1. The number of rotatable bonds is 7. The lowest BCUT2D eigenvalue weighted by molar-refractivity contribution is -0.274. The average Bonchev–Trinajstić information content (AvgIpc) is 3.42. The largest absolute Gasteiger partial charge is 0.573 e. The maximum absolute atomic E-state index is 13.2. The number of oxime groups is 1. The molecule has 2 bridgehead atoms. The van der Waals surface area contributed by atoms with E-state index in [0.29, 0.717) is 35.4 Å². The summed E-state index contributed by atoms with van der Waals surface area (Å²) in [6, 6.07) is 5.33. The summed E-state index contributed by atoms with van der Waals surface area (Å²) in [6.07, 6.45) is -2.60. The van der Waals surface area contributed by atoms with Gasteiger partial charge in [0.1, 0.15) is 5.75 Å². The average molecular weight is 522 g/mol. The van der Waals surface area contributed by atoms with Crippen molar-refractivity contribution in [2.24, 2.45) is 28.3 Å². The smallest absolute Gasteiger partial charge is 0.406 e. The molecular formula is C26H34BF3N2O5. The highest BCUT2D eigenvalue weighted by atomic mass is 19.4. The maximum atomic E-state index is 13.2. The maximum Gasteiger partial charge on any atom is 0.573 e. The SMILES string of the molecule is CC(C)C[C@H](NC(=O)C1CC(c2ccc(OC(F)(F)F)cc2)=NO1)B1O[C@@H]2C[C@@H]3C[C@@H](C3(C)C)[C@]2(C)O1. The molecule has 0 spiro atoms. The predicted molar refractivity (Wildman–Crippen MR) is 131 cm³/mol. The minimum absolute atomic E-state index is 0.0165. The van der Waals surface area contributed by atoms with E-state index in [1.54, 1.807) is 0 Å². The molecule has 3 saturated carbocycles. The Bertz CT molecular complexity index is 1060. The van der Waals surface area contributed by atoms with Crippen LogP contribution in [0.4, 0.5) is 13.2 Å². The minimum atomic E-state index is -4.76. The van der Waals surface area contributed by atoms with Crippen LogP contribution in [0.2, 0.25) is 0 Å². The van der Waals surface area contributed by atoms with E-state index in [1.807, 2.05) is 0 Å². The van der Waals surface area contributed by atoms with E-state index in [1.165, 1.54) is 24.3 Å².